The summed E-state index contributed by atoms with van der Waals surface area (Å²) in [5, 5.41) is 11.3. The van der Waals surface area contributed by atoms with E-state index in [1.54, 1.807) is 6.07 Å². The molecule has 0 spiro atoms. The quantitative estimate of drug-likeness (QED) is 0.658. The third kappa shape index (κ3) is 5.64. The van der Waals surface area contributed by atoms with Crippen LogP contribution in [0.25, 0.3) is 0 Å². The highest BCUT2D eigenvalue weighted by Crippen LogP contribution is 2.15. The fraction of sp³-hybridized carbons (Fsp3) is 0.227. The molecule has 0 saturated heterocycles. The second-order valence-electron chi connectivity index (χ2n) is 6.31. The first-order chi connectivity index (χ1) is 13.2. The molecule has 1 N–H and O–H groups in total. The number of nitrogens with one attached hydrogen (secondary N) is 1. The standard InChI is InChI=1S/C22H24N4O/c1-2-26(17-19-11-7-4-8-12-19)21-15-14-20(24-25-21)23-22(27)16-13-18-9-5-3-6-10-18/h3-12,14-15H,2,13,16-17H2,1H3,(H,23,24,27). The van der Waals surface area contributed by atoms with Crippen molar-refractivity contribution in [1.82, 2.24) is 10.2 Å². The van der Waals surface area contributed by atoms with Crippen LogP contribution in [0.4, 0.5) is 11.6 Å². The third-order valence-corrected chi connectivity index (χ3v) is 4.32. The Bertz CT molecular complexity index is 835. The minimum Gasteiger partial charge on any atom is -0.351 e. The van der Waals surface area contributed by atoms with Gasteiger partial charge >= 0.3 is 0 Å². The molecule has 5 heteroatoms. The van der Waals surface area contributed by atoms with Gasteiger partial charge in [-0.15, -0.1) is 10.2 Å². The van der Waals surface area contributed by atoms with E-state index in [-0.39, 0.29) is 5.91 Å². The number of anilines is 2. The topological polar surface area (TPSA) is 58.1 Å². The van der Waals surface area contributed by atoms with Gasteiger partial charge in [-0.3, -0.25) is 4.79 Å². The molecular weight excluding hydrogens is 336 g/mol. The van der Waals surface area contributed by atoms with Crippen LogP contribution in [-0.4, -0.2) is 22.6 Å². The molecule has 3 aromatic rings. The molecule has 0 atom stereocenters. The van der Waals surface area contributed by atoms with Crippen LogP contribution in [0.15, 0.2) is 72.8 Å². The fourth-order valence-electron chi connectivity index (χ4n) is 2.83. The van der Waals surface area contributed by atoms with Crippen molar-refractivity contribution in [3.63, 3.8) is 0 Å². The Balaban J connectivity index is 1.55. The van der Waals surface area contributed by atoms with E-state index in [0.717, 1.165) is 24.5 Å². The van der Waals surface area contributed by atoms with E-state index in [1.165, 1.54) is 5.56 Å². The molecule has 3 rings (SSSR count). The number of aryl methyl sites for hydroxylation is 1. The number of aromatic nitrogens is 2. The summed E-state index contributed by atoms with van der Waals surface area (Å²) in [4.78, 5) is 14.3. The minimum atomic E-state index is -0.0578. The van der Waals surface area contributed by atoms with Crippen LogP contribution in [0.1, 0.15) is 24.5 Å². The van der Waals surface area contributed by atoms with Crippen LogP contribution >= 0.6 is 0 Å². The van der Waals surface area contributed by atoms with Gasteiger partial charge in [0.1, 0.15) is 0 Å². The van der Waals surface area contributed by atoms with Gasteiger partial charge < -0.3 is 10.2 Å². The van der Waals surface area contributed by atoms with Gasteiger partial charge in [-0.05, 0) is 36.6 Å². The molecule has 27 heavy (non-hydrogen) atoms. The predicted octanol–water partition coefficient (Wildman–Crippen LogP) is 4.07. The van der Waals surface area contributed by atoms with E-state index in [2.05, 4.69) is 39.5 Å². The number of hydrogen-bond acceptors (Lipinski definition) is 4. The van der Waals surface area contributed by atoms with Gasteiger partial charge in [0.15, 0.2) is 11.6 Å². The number of amides is 1. The normalized spacial score (nSPS) is 10.4. The van der Waals surface area contributed by atoms with E-state index in [4.69, 9.17) is 0 Å². The molecule has 0 aliphatic heterocycles. The Morgan fingerprint density at radius 1 is 0.889 bits per heavy atom. The Morgan fingerprint density at radius 3 is 2.15 bits per heavy atom. The van der Waals surface area contributed by atoms with Crippen molar-refractivity contribution in [3.05, 3.63) is 83.9 Å². The summed E-state index contributed by atoms with van der Waals surface area (Å²) in [6.45, 7) is 3.69. The smallest absolute Gasteiger partial charge is 0.225 e. The molecule has 1 heterocycles. The lowest BCUT2D eigenvalue weighted by molar-refractivity contribution is -0.116. The number of hydrogen-bond donors (Lipinski definition) is 1. The van der Waals surface area contributed by atoms with Crippen molar-refractivity contribution in [2.24, 2.45) is 0 Å². The zero-order chi connectivity index (χ0) is 18.9. The lowest BCUT2D eigenvalue weighted by Gasteiger charge is -2.21. The third-order valence-electron chi connectivity index (χ3n) is 4.32. The second-order valence-corrected chi connectivity index (χ2v) is 6.31. The largest absolute Gasteiger partial charge is 0.351 e. The fourth-order valence-corrected chi connectivity index (χ4v) is 2.83. The van der Waals surface area contributed by atoms with E-state index in [1.807, 2.05) is 54.6 Å². The van der Waals surface area contributed by atoms with E-state index in [0.29, 0.717) is 18.7 Å². The zero-order valence-corrected chi connectivity index (χ0v) is 15.5. The number of rotatable bonds is 8. The summed E-state index contributed by atoms with van der Waals surface area (Å²) in [5.41, 5.74) is 2.37. The van der Waals surface area contributed by atoms with Gasteiger partial charge in [0, 0.05) is 19.5 Å². The Labute approximate surface area is 160 Å². The molecule has 0 saturated carbocycles. The molecule has 0 aliphatic rings. The average molecular weight is 360 g/mol. The van der Waals surface area contributed by atoms with Gasteiger partial charge in [0.05, 0.1) is 0 Å². The van der Waals surface area contributed by atoms with Crippen molar-refractivity contribution in [2.45, 2.75) is 26.3 Å². The van der Waals surface area contributed by atoms with E-state index < -0.39 is 0 Å². The summed E-state index contributed by atoms with van der Waals surface area (Å²) in [6, 6.07) is 23.9. The van der Waals surface area contributed by atoms with Crippen LogP contribution in [0.3, 0.4) is 0 Å². The molecule has 5 nitrogen and oxygen atoms in total. The summed E-state index contributed by atoms with van der Waals surface area (Å²) in [5.74, 6) is 1.22. The second kappa shape index (κ2) is 9.48. The maximum atomic E-state index is 12.1. The molecule has 1 amide bonds. The number of nitrogens with zero attached hydrogens (tertiary/aromatic N) is 3. The minimum absolute atomic E-state index is 0.0578. The SMILES string of the molecule is CCN(Cc1ccccc1)c1ccc(NC(=O)CCc2ccccc2)nn1. The van der Waals surface area contributed by atoms with Crippen molar-refractivity contribution in [2.75, 3.05) is 16.8 Å². The maximum absolute atomic E-state index is 12.1. The van der Waals surface area contributed by atoms with Gasteiger partial charge in [-0.1, -0.05) is 60.7 Å². The summed E-state index contributed by atoms with van der Waals surface area (Å²) >= 11 is 0. The summed E-state index contributed by atoms with van der Waals surface area (Å²) in [6.07, 6.45) is 1.13. The Morgan fingerprint density at radius 2 is 1.56 bits per heavy atom. The summed E-state index contributed by atoms with van der Waals surface area (Å²) in [7, 11) is 0. The van der Waals surface area contributed by atoms with E-state index in [9.17, 15) is 4.79 Å². The molecule has 0 radical (unpaired) electrons. The number of carbonyl (C=O) groups is 1. The van der Waals surface area contributed by atoms with Gasteiger partial charge in [0.25, 0.3) is 0 Å². The van der Waals surface area contributed by atoms with Crippen LogP contribution in [0, 0.1) is 0 Å². The molecular formula is C22H24N4O. The van der Waals surface area contributed by atoms with Gasteiger partial charge in [-0.25, -0.2) is 0 Å². The Hall–Kier alpha value is -3.21. The zero-order valence-electron chi connectivity index (χ0n) is 15.5. The molecule has 1 aromatic heterocycles. The van der Waals surface area contributed by atoms with E-state index >= 15 is 0 Å². The highest BCUT2D eigenvalue weighted by atomic mass is 16.1. The first kappa shape index (κ1) is 18.6. The average Bonchev–Trinajstić information content (AvgIpc) is 2.73. The van der Waals surface area contributed by atoms with Crippen LogP contribution in [0.2, 0.25) is 0 Å². The maximum Gasteiger partial charge on any atom is 0.225 e. The molecule has 138 valence electrons. The summed E-state index contributed by atoms with van der Waals surface area (Å²) < 4.78 is 0. The van der Waals surface area contributed by atoms with Crippen molar-refractivity contribution in [1.29, 1.82) is 0 Å². The molecule has 2 aromatic carbocycles. The van der Waals surface area contributed by atoms with Crippen molar-refractivity contribution < 1.29 is 4.79 Å². The monoisotopic (exact) mass is 360 g/mol. The number of carbonyl (C=O) groups excluding carboxylic acids is 1. The lowest BCUT2D eigenvalue weighted by Crippen LogP contribution is -2.23. The first-order valence-electron chi connectivity index (χ1n) is 9.21. The van der Waals surface area contributed by atoms with Crippen LogP contribution < -0.4 is 10.2 Å². The lowest BCUT2D eigenvalue weighted by atomic mass is 10.1. The van der Waals surface area contributed by atoms with Gasteiger partial charge in [0.2, 0.25) is 5.91 Å². The molecule has 0 unspecified atom stereocenters. The van der Waals surface area contributed by atoms with Crippen molar-refractivity contribution in [3.8, 4) is 0 Å². The van der Waals surface area contributed by atoms with Crippen LogP contribution in [-0.2, 0) is 17.8 Å². The molecule has 0 fully saturated rings. The Kier molecular flexibility index (Phi) is 6.52. The predicted molar refractivity (Wildman–Crippen MR) is 109 cm³/mol. The van der Waals surface area contributed by atoms with Crippen LogP contribution in [0.5, 0.6) is 0 Å². The highest BCUT2D eigenvalue weighted by Gasteiger charge is 2.09. The molecule has 0 bridgehead atoms. The van der Waals surface area contributed by atoms with Gasteiger partial charge in [-0.2, -0.15) is 0 Å². The number of benzene rings is 2. The molecule has 0 aliphatic carbocycles. The first-order valence-corrected chi connectivity index (χ1v) is 9.21. The van der Waals surface area contributed by atoms with Crippen molar-refractivity contribution >= 4 is 17.5 Å². The highest BCUT2D eigenvalue weighted by molar-refractivity contribution is 5.89.